The number of hydrogen-bond acceptors (Lipinski definition) is 15. The molecule has 0 heterocycles. The molecule has 31 heteroatoms. The molecule has 1 unspecified atom stereocenters. The van der Waals surface area contributed by atoms with E-state index in [1.54, 1.807) is 36.4 Å². The molecule has 4 aromatic rings. The van der Waals surface area contributed by atoms with Crippen LogP contribution in [-0.2, 0) is 44.2 Å². The quantitative estimate of drug-likeness (QED) is 0.0472. The molecule has 17 nitrogen and oxygen atoms in total. The number of nitrogens with one attached hydrogen (secondary N) is 1. The molecule has 4 aromatic carbocycles. The SMILES string of the molecule is CC(C)OP(=S)(OC(C)C)SCCNS(=O)(=O)c1ccccc1.CC(Oc1cc(Cl)c(Cl)cc1Cl)C(=O)O.COc1c(Cl)ccc(Cl)c1C(=O)O.C[As](=O)([O-])[O-].O=C(O)COc1ccc(Cl)cc1Cl.[Na+].[Na+]. The van der Waals surface area contributed by atoms with Gasteiger partial charge in [-0.1, -0.05) is 111 Å². The Morgan fingerprint density at radius 3 is 1.69 bits per heavy atom. The van der Waals surface area contributed by atoms with Crippen molar-refractivity contribution in [2.24, 2.45) is 0 Å². The van der Waals surface area contributed by atoms with Gasteiger partial charge in [0.25, 0.3) is 0 Å². The van der Waals surface area contributed by atoms with Gasteiger partial charge in [-0.15, -0.1) is 0 Å². The summed E-state index contributed by atoms with van der Waals surface area (Å²) in [5.74, 6) is -2.22. The molecular formula is C40H46AsCl7NNa2O16PS3. The first-order valence-corrected chi connectivity index (χ1v) is 31.5. The van der Waals surface area contributed by atoms with Crippen LogP contribution in [0.4, 0.5) is 0 Å². The van der Waals surface area contributed by atoms with E-state index in [-0.39, 0.29) is 125 Å². The topological polar surface area (TPSA) is 267 Å². The van der Waals surface area contributed by atoms with Gasteiger partial charge in [-0.3, -0.25) is 0 Å². The number of sulfonamides is 1. The molecule has 0 saturated carbocycles. The van der Waals surface area contributed by atoms with Gasteiger partial charge in [0, 0.05) is 23.4 Å². The van der Waals surface area contributed by atoms with Crippen LogP contribution in [0.1, 0.15) is 45.0 Å². The summed E-state index contributed by atoms with van der Waals surface area (Å²) < 4.78 is 80.5. The summed E-state index contributed by atoms with van der Waals surface area (Å²) in [4.78, 5) is 31.7. The maximum atomic E-state index is 12.1. The molecule has 0 aliphatic carbocycles. The number of halogens is 7. The molecule has 4 rings (SSSR count). The smallest absolute Gasteiger partial charge is 0.480 e. The Bertz CT molecular complexity index is 2500. The van der Waals surface area contributed by atoms with Gasteiger partial charge in [-0.25, -0.2) is 27.5 Å². The van der Waals surface area contributed by atoms with Crippen molar-refractivity contribution in [2.45, 2.75) is 63.5 Å². The van der Waals surface area contributed by atoms with E-state index in [0.29, 0.717) is 27.3 Å². The summed E-state index contributed by atoms with van der Waals surface area (Å²) in [5.41, 5.74) is -1.89. The number of rotatable bonds is 18. The Kier molecular flexibility index (Phi) is 39.7. The summed E-state index contributed by atoms with van der Waals surface area (Å²) in [6, 6.07) is 18.5. The van der Waals surface area contributed by atoms with E-state index in [0.717, 1.165) is 0 Å². The zero-order valence-corrected chi connectivity index (χ0v) is 53.7. The van der Waals surface area contributed by atoms with E-state index < -0.39 is 60.5 Å². The Hall–Kier alpha value is -0.172. The second-order valence-electron chi connectivity index (χ2n) is 13.4. The molecule has 0 aliphatic rings. The molecule has 4 N–H and O–H groups in total. The summed E-state index contributed by atoms with van der Waals surface area (Å²) in [6.07, 6.45) is -1.07. The second-order valence-corrected chi connectivity index (χ2v) is 27.6. The molecule has 0 aromatic heterocycles. The average molecular weight is 1290 g/mol. The number of carbonyl (C=O) groups is 3. The number of carboxylic acids is 3. The monoisotopic (exact) mass is 1290 g/mol. The average Bonchev–Trinajstić information content (AvgIpc) is 3.21. The predicted octanol–water partition coefficient (Wildman–Crippen LogP) is 4.14. The summed E-state index contributed by atoms with van der Waals surface area (Å²) in [6.45, 7) is 8.87. The van der Waals surface area contributed by atoms with Crippen molar-refractivity contribution in [3.8, 4) is 17.2 Å². The Balaban J connectivity index is -0.000000854. The Morgan fingerprint density at radius 2 is 1.25 bits per heavy atom. The number of aliphatic carboxylic acids is 2. The van der Waals surface area contributed by atoms with Gasteiger partial charge in [0.05, 0.1) is 54.3 Å². The van der Waals surface area contributed by atoms with E-state index in [1.807, 2.05) is 27.7 Å². The summed E-state index contributed by atoms with van der Waals surface area (Å²) in [7, 11) is -2.15. The van der Waals surface area contributed by atoms with Gasteiger partial charge in [0.2, 0.25) is 15.7 Å². The molecule has 0 spiro atoms. The van der Waals surface area contributed by atoms with Crippen LogP contribution in [0.5, 0.6) is 17.2 Å². The van der Waals surface area contributed by atoms with Gasteiger partial charge in [-0.2, -0.15) is 0 Å². The number of hydrogen-bond donors (Lipinski definition) is 4. The molecule has 386 valence electrons. The van der Waals surface area contributed by atoms with E-state index in [9.17, 15) is 22.8 Å². The molecular weight excluding hydrogens is 1250 g/mol. The minimum atomic E-state index is -4.62. The number of ether oxygens (including phenoxy) is 3. The van der Waals surface area contributed by atoms with Crippen molar-refractivity contribution in [3.05, 3.63) is 114 Å². The number of benzene rings is 4. The van der Waals surface area contributed by atoms with Gasteiger partial charge in [-0.05, 0) is 95.0 Å². The van der Waals surface area contributed by atoms with E-state index in [1.165, 1.54) is 61.8 Å². The maximum Gasteiger partial charge on any atom is 1.00 e. The number of aromatic carboxylic acids is 1. The van der Waals surface area contributed by atoms with Crippen LogP contribution in [-0.4, -0.2) is 100 Å². The van der Waals surface area contributed by atoms with Crippen molar-refractivity contribution >= 4 is 152 Å². The Morgan fingerprint density at radius 1 is 0.761 bits per heavy atom. The van der Waals surface area contributed by atoms with Gasteiger partial charge < -0.3 is 38.6 Å². The van der Waals surface area contributed by atoms with Crippen LogP contribution >= 0.6 is 98.3 Å². The normalized spacial score (nSPS) is 11.2. The fourth-order valence-electron chi connectivity index (χ4n) is 4.12. The molecule has 0 bridgehead atoms. The van der Waals surface area contributed by atoms with Crippen molar-refractivity contribution in [2.75, 3.05) is 26.0 Å². The number of methoxy groups -OCH3 is 1. The van der Waals surface area contributed by atoms with Crippen LogP contribution in [0.3, 0.4) is 0 Å². The third kappa shape index (κ3) is 33.6. The van der Waals surface area contributed by atoms with E-state index >= 15 is 0 Å². The van der Waals surface area contributed by atoms with Gasteiger partial charge in [0.1, 0.15) is 17.1 Å². The fourth-order valence-corrected chi connectivity index (χ4v) is 12.5. The molecule has 0 amide bonds. The zero-order valence-electron chi connectivity index (χ0n) is 39.2. The molecule has 0 saturated heterocycles. The van der Waals surface area contributed by atoms with Crippen LogP contribution in [0.15, 0.2) is 77.7 Å². The molecule has 0 radical (unpaired) electrons. The molecule has 0 fully saturated rings. The standard InChI is InChI=1S/C14H24NO4PS3.C9H7Cl3O3.2C8H6Cl2O3.CH5AsO3.2Na/c1-12(2)18-20(21,19-13(3)4)22-11-10-15-23(16,17)14-8-6-5-7-9-14;1-4(9(13)14)15-8-3-6(11)5(10)2-7(8)12;1-13-7-5(10)3-2-4(9)6(7)8(11)12;9-5-1-2-7(6(10)3-5)13-4-8(11)12;1-2(3,4)5;;/h5-9,12-13,15H,10-11H2,1-4H3;2-4H,1H3,(H,13,14);2-3H,1H3,(H,11,12);1-3H,4H2,(H,11,12);1H3,(H2,3,4,5);;/q;;;;;2*+1/p-2. The summed E-state index contributed by atoms with van der Waals surface area (Å²) >= 11 is 42.2. The first-order chi connectivity index (χ1) is 31.7. The minimum absolute atomic E-state index is 0. The van der Waals surface area contributed by atoms with Gasteiger partial charge in [0.15, 0.2) is 18.5 Å². The van der Waals surface area contributed by atoms with Crippen molar-refractivity contribution in [1.82, 2.24) is 4.72 Å². The van der Waals surface area contributed by atoms with Crippen molar-refractivity contribution < 1.29 is 132 Å². The van der Waals surface area contributed by atoms with Gasteiger partial charge >= 0.3 is 109 Å². The second kappa shape index (κ2) is 37.6. The predicted molar refractivity (Wildman–Crippen MR) is 272 cm³/mol. The third-order valence-corrected chi connectivity index (χ3v) is 15.9. The van der Waals surface area contributed by atoms with Crippen molar-refractivity contribution in [1.29, 1.82) is 0 Å². The third-order valence-electron chi connectivity index (χ3n) is 6.73. The molecule has 1 atom stereocenters. The largest absolute Gasteiger partial charge is 1.00 e. The Labute approximate surface area is 503 Å². The molecule has 71 heavy (non-hydrogen) atoms. The van der Waals surface area contributed by atoms with E-state index in [2.05, 4.69) is 4.72 Å². The zero-order chi connectivity index (χ0) is 53.4. The first-order valence-electron chi connectivity index (χ1n) is 19.0. The van der Waals surface area contributed by atoms with Crippen molar-refractivity contribution in [3.63, 3.8) is 0 Å². The maximum absolute atomic E-state index is 12.1. The van der Waals surface area contributed by atoms with Crippen LogP contribution in [0.2, 0.25) is 40.9 Å². The minimum Gasteiger partial charge on any atom is -0.480 e. The first kappa shape index (κ1) is 75.1. The molecule has 0 aliphatic heterocycles. The van der Waals surface area contributed by atoms with Crippen LogP contribution in [0.25, 0.3) is 0 Å². The van der Waals surface area contributed by atoms with Crippen LogP contribution < -0.4 is 86.2 Å². The number of carboxylic acid groups (broad SMARTS) is 3. The fraction of sp³-hybridized carbons (Fsp3) is 0.325. The van der Waals surface area contributed by atoms with E-state index in [4.69, 9.17) is 144 Å². The summed E-state index contributed by atoms with van der Waals surface area (Å²) in [5, 5.41) is 27.6. The van der Waals surface area contributed by atoms with Crippen LogP contribution in [0, 0.1) is 0 Å².